The molecular weight excluding hydrogens is 773 g/mol. The van der Waals surface area contributed by atoms with E-state index in [0.29, 0.717) is 53.4 Å². The second-order valence-electron chi connectivity index (χ2n) is 15.3. The number of urea groups is 1. The molecule has 5 aromatic rings. The van der Waals surface area contributed by atoms with Gasteiger partial charge < -0.3 is 30.0 Å². The van der Waals surface area contributed by atoms with Gasteiger partial charge in [0, 0.05) is 48.0 Å². The molecule has 0 atom stereocenters. The molecule has 0 aliphatic rings. The van der Waals surface area contributed by atoms with E-state index in [1.54, 1.807) is 49.7 Å². The molecule has 0 saturated carbocycles. The van der Waals surface area contributed by atoms with Gasteiger partial charge in [-0.3, -0.25) is 19.3 Å². The molecule has 0 radical (unpaired) electrons. The first-order valence-corrected chi connectivity index (χ1v) is 21.3. The van der Waals surface area contributed by atoms with Crippen LogP contribution in [0.5, 0.6) is 23.0 Å². The number of nitrogens with zero attached hydrogens (tertiary/aromatic N) is 1. The van der Waals surface area contributed by atoms with Crippen molar-refractivity contribution in [1.29, 1.82) is 0 Å². The molecular formula is C45H52N4O9S. The van der Waals surface area contributed by atoms with Crippen LogP contribution in [-0.2, 0) is 26.7 Å². The Labute approximate surface area is 345 Å². The van der Waals surface area contributed by atoms with E-state index in [-0.39, 0.29) is 29.1 Å². The maximum Gasteiger partial charge on any atom is 0.323 e. The number of anilines is 3. The number of hydrogen-bond acceptors (Lipinski definition) is 9. The summed E-state index contributed by atoms with van der Waals surface area (Å²) in [6, 6.07) is 23.1. The lowest BCUT2D eigenvalue weighted by atomic mass is 9.86. The summed E-state index contributed by atoms with van der Waals surface area (Å²) in [6.07, 6.45) is 7.73. The van der Waals surface area contributed by atoms with E-state index in [0.717, 1.165) is 59.5 Å². The second-order valence-corrected chi connectivity index (χ2v) is 17.1. The number of carboxylic acid groups (broad SMARTS) is 1. The van der Waals surface area contributed by atoms with E-state index in [9.17, 15) is 22.8 Å². The summed E-state index contributed by atoms with van der Waals surface area (Å²) >= 11 is 0. The van der Waals surface area contributed by atoms with Gasteiger partial charge in [-0.1, -0.05) is 70.4 Å². The van der Waals surface area contributed by atoms with Gasteiger partial charge in [0.1, 0.15) is 17.2 Å². The molecule has 0 aliphatic heterocycles. The Bertz CT molecular complexity index is 2430. The maximum atomic E-state index is 13.5. The quantitative estimate of drug-likeness (QED) is 0.0462. The third kappa shape index (κ3) is 12.4. The number of hydrogen-bond donors (Lipinski definition) is 4. The second kappa shape index (κ2) is 19.5. The number of benzene rings is 4. The molecule has 0 bridgehead atoms. The Morgan fingerprint density at radius 2 is 1.42 bits per heavy atom. The highest BCUT2D eigenvalue weighted by Gasteiger charge is 2.23. The smallest absolute Gasteiger partial charge is 0.323 e. The first-order chi connectivity index (χ1) is 28.0. The molecule has 4 N–H and O–H groups in total. The monoisotopic (exact) mass is 824 g/mol. The van der Waals surface area contributed by atoms with E-state index < -0.39 is 22.0 Å². The van der Waals surface area contributed by atoms with Crippen LogP contribution < -0.4 is 29.6 Å². The first-order valence-electron chi connectivity index (χ1n) is 19.4. The SMILES string of the molecule is COc1cc(Cc2cc(Oc3ccc(NC(=O)Nc4cc(C(C)(C)C)cc(NS(C)(=O)=O)c4OC)c4ccccc34)ccn2)ccc1C(=O)CCCCCCCC(=O)O. The molecule has 13 nitrogen and oxygen atoms in total. The average molecular weight is 825 g/mol. The number of rotatable bonds is 19. The number of aromatic nitrogens is 1. The van der Waals surface area contributed by atoms with Crippen molar-refractivity contribution in [3.8, 4) is 23.0 Å². The number of unbranched alkanes of at least 4 members (excludes halogenated alkanes) is 4. The molecule has 312 valence electrons. The molecule has 59 heavy (non-hydrogen) atoms. The fourth-order valence-electron chi connectivity index (χ4n) is 6.65. The van der Waals surface area contributed by atoms with Gasteiger partial charge in [-0.25, -0.2) is 13.2 Å². The summed E-state index contributed by atoms with van der Waals surface area (Å²) in [5, 5.41) is 16.0. The van der Waals surface area contributed by atoms with Crippen LogP contribution >= 0.6 is 0 Å². The standard InChI is InChI=1S/C45H52N4O9S/c1-45(2,3)30-26-37(43(57-5)38(27-30)49-59(6,54)55)48-44(53)47-36-20-21-40(34-15-13-12-14-33(34)36)58-32-22-23-46-31(28-32)24-29-18-19-35(41(25-29)56-4)39(50)16-10-8-7-9-11-17-42(51)52/h12-15,18-23,25-28,49H,7-11,16-17,24H2,1-6H3,(H,51,52)(H2,47,48,53). The minimum absolute atomic E-state index is 0.00530. The lowest BCUT2D eigenvalue weighted by Gasteiger charge is -2.24. The Morgan fingerprint density at radius 1 is 0.746 bits per heavy atom. The normalized spacial score (nSPS) is 11.5. The number of Topliss-reactive ketones (excluding diaryl/α,β-unsaturated/α-hetero) is 1. The summed E-state index contributed by atoms with van der Waals surface area (Å²) in [6.45, 7) is 5.94. The van der Waals surface area contributed by atoms with Crippen LogP contribution in [0.3, 0.4) is 0 Å². The largest absolute Gasteiger partial charge is 0.496 e. The number of ether oxygens (including phenoxy) is 3. The lowest BCUT2D eigenvalue weighted by Crippen LogP contribution is -2.22. The molecule has 0 saturated heterocycles. The lowest BCUT2D eigenvalue weighted by molar-refractivity contribution is -0.137. The van der Waals surface area contributed by atoms with Gasteiger partial charge >= 0.3 is 12.0 Å². The molecule has 0 fully saturated rings. The number of pyridine rings is 1. The van der Waals surface area contributed by atoms with Crippen LogP contribution in [0.2, 0.25) is 0 Å². The van der Waals surface area contributed by atoms with Gasteiger partial charge in [0.2, 0.25) is 10.0 Å². The number of carbonyl (C=O) groups is 3. The Kier molecular flexibility index (Phi) is 14.6. The van der Waals surface area contributed by atoms with Crippen molar-refractivity contribution in [1.82, 2.24) is 4.98 Å². The molecule has 1 heterocycles. The minimum atomic E-state index is -3.65. The van der Waals surface area contributed by atoms with Crippen molar-refractivity contribution >= 4 is 55.6 Å². The van der Waals surface area contributed by atoms with Crippen molar-refractivity contribution in [3.05, 3.63) is 107 Å². The number of nitrogens with one attached hydrogen (secondary N) is 3. The van der Waals surface area contributed by atoms with Gasteiger partial charge in [0.05, 0.1) is 43.1 Å². The number of carbonyl (C=O) groups excluding carboxylic acids is 2. The highest BCUT2D eigenvalue weighted by molar-refractivity contribution is 7.92. The number of amides is 2. The number of aliphatic carboxylic acids is 1. The first kappa shape index (κ1) is 44.0. The Morgan fingerprint density at radius 3 is 2.10 bits per heavy atom. The summed E-state index contributed by atoms with van der Waals surface area (Å²) in [5.41, 5.74) is 3.61. The van der Waals surface area contributed by atoms with E-state index in [1.165, 1.54) is 7.11 Å². The van der Waals surface area contributed by atoms with Gasteiger partial charge in [-0.05, 0) is 71.8 Å². The fourth-order valence-corrected chi connectivity index (χ4v) is 7.20. The molecule has 0 unspecified atom stereocenters. The Hall–Kier alpha value is -6.15. The van der Waals surface area contributed by atoms with Crippen LogP contribution in [0.1, 0.15) is 92.9 Å². The van der Waals surface area contributed by atoms with E-state index in [2.05, 4.69) is 20.3 Å². The zero-order chi connectivity index (χ0) is 42.7. The molecule has 4 aromatic carbocycles. The van der Waals surface area contributed by atoms with Gasteiger partial charge in [-0.2, -0.15) is 0 Å². The fraction of sp³-hybridized carbons (Fsp3) is 0.333. The maximum absolute atomic E-state index is 13.5. The van der Waals surface area contributed by atoms with E-state index in [4.69, 9.17) is 19.3 Å². The average Bonchev–Trinajstić information content (AvgIpc) is 3.17. The topological polar surface area (TPSA) is 182 Å². The third-order valence-electron chi connectivity index (χ3n) is 9.60. The van der Waals surface area contributed by atoms with Crippen LogP contribution in [0.25, 0.3) is 10.8 Å². The number of sulfonamides is 1. The zero-order valence-electron chi connectivity index (χ0n) is 34.3. The van der Waals surface area contributed by atoms with Crippen LogP contribution in [0.15, 0.2) is 85.1 Å². The predicted molar refractivity (Wildman–Crippen MR) is 231 cm³/mol. The number of fused-ring (bicyclic) bond motifs is 1. The molecule has 0 spiro atoms. The highest BCUT2D eigenvalue weighted by atomic mass is 32.2. The van der Waals surface area contributed by atoms with Crippen molar-refractivity contribution in [3.63, 3.8) is 0 Å². The summed E-state index contributed by atoms with van der Waals surface area (Å²) < 4.78 is 44.4. The molecule has 0 aliphatic carbocycles. The van der Waals surface area contributed by atoms with Crippen molar-refractivity contribution < 1.29 is 42.1 Å². The third-order valence-corrected chi connectivity index (χ3v) is 10.2. The van der Waals surface area contributed by atoms with Crippen molar-refractivity contribution in [2.24, 2.45) is 0 Å². The molecule has 1 aromatic heterocycles. The summed E-state index contributed by atoms with van der Waals surface area (Å²) in [5.74, 6) is 1.01. The van der Waals surface area contributed by atoms with E-state index >= 15 is 0 Å². The van der Waals surface area contributed by atoms with Crippen molar-refractivity contribution in [2.75, 3.05) is 35.8 Å². The summed E-state index contributed by atoms with van der Waals surface area (Å²) in [7, 11) is -0.698. The van der Waals surface area contributed by atoms with Crippen LogP contribution in [-0.4, -0.2) is 56.8 Å². The number of carboxylic acids is 1. The number of methoxy groups -OCH3 is 2. The van der Waals surface area contributed by atoms with Gasteiger partial charge in [-0.15, -0.1) is 0 Å². The molecule has 5 rings (SSSR count). The minimum Gasteiger partial charge on any atom is -0.496 e. The van der Waals surface area contributed by atoms with E-state index in [1.807, 2.05) is 63.2 Å². The Balaban J connectivity index is 1.28. The zero-order valence-corrected chi connectivity index (χ0v) is 35.1. The van der Waals surface area contributed by atoms with Crippen molar-refractivity contribution in [2.45, 2.75) is 77.6 Å². The van der Waals surface area contributed by atoms with Gasteiger partial charge in [0.25, 0.3) is 0 Å². The van der Waals surface area contributed by atoms with Gasteiger partial charge in [0.15, 0.2) is 11.5 Å². The molecule has 14 heteroatoms. The number of ketones is 1. The molecule has 2 amide bonds. The van der Waals surface area contributed by atoms with Crippen LogP contribution in [0.4, 0.5) is 21.9 Å². The summed E-state index contributed by atoms with van der Waals surface area (Å²) in [4.78, 5) is 41.8. The van der Waals surface area contributed by atoms with Crippen LogP contribution in [0, 0.1) is 0 Å². The predicted octanol–water partition coefficient (Wildman–Crippen LogP) is 9.95. The highest BCUT2D eigenvalue weighted by Crippen LogP contribution is 2.40.